The predicted molar refractivity (Wildman–Crippen MR) is 72.5 cm³/mol. The molecular formula is C15H18O5. The van der Waals surface area contributed by atoms with Crippen molar-refractivity contribution in [1.29, 1.82) is 0 Å². The molecule has 2 atom stereocenters. The summed E-state index contributed by atoms with van der Waals surface area (Å²) >= 11 is 0. The Morgan fingerprint density at radius 2 is 2.05 bits per heavy atom. The molecule has 108 valence electrons. The van der Waals surface area contributed by atoms with Crippen LogP contribution in [0.1, 0.15) is 12.5 Å². The predicted octanol–water partition coefficient (Wildman–Crippen LogP) is 0.491. The van der Waals surface area contributed by atoms with Crippen LogP contribution in [0.25, 0.3) is 0 Å². The fourth-order valence-electron chi connectivity index (χ4n) is 1.34. The molecule has 0 spiro atoms. The van der Waals surface area contributed by atoms with Gasteiger partial charge in [0.1, 0.15) is 6.61 Å². The highest BCUT2D eigenvalue weighted by Gasteiger charge is 2.16. The Hall–Kier alpha value is -1.87. The molecule has 0 saturated heterocycles. The van der Waals surface area contributed by atoms with Crippen molar-refractivity contribution >= 4 is 5.97 Å². The first-order valence-corrected chi connectivity index (χ1v) is 6.23. The molecule has 5 heteroatoms. The Balaban J connectivity index is 2.23. The van der Waals surface area contributed by atoms with Gasteiger partial charge in [0.05, 0.1) is 13.2 Å². The molecule has 1 aromatic carbocycles. The molecule has 1 unspecified atom stereocenters. The summed E-state index contributed by atoms with van der Waals surface area (Å²) in [5, 5.41) is 17.6. The monoisotopic (exact) mass is 278 g/mol. The highest BCUT2D eigenvalue weighted by atomic mass is 16.6. The van der Waals surface area contributed by atoms with E-state index in [0.29, 0.717) is 6.61 Å². The van der Waals surface area contributed by atoms with Gasteiger partial charge in [0.2, 0.25) is 0 Å². The van der Waals surface area contributed by atoms with Crippen molar-refractivity contribution in [3.63, 3.8) is 0 Å². The van der Waals surface area contributed by atoms with Crippen LogP contribution in [0.4, 0.5) is 0 Å². The quantitative estimate of drug-likeness (QED) is 0.450. The normalized spacial score (nSPS) is 12.9. The number of aliphatic hydroxyl groups is 2. The molecule has 0 aliphatic carbocycles. The zero-order valence-electron chi connectivity index (χ0n) is 11.3. The fraction of sp³-hybridized carbons (Fsp3) is 0.400. The van der Waals surface area contributed by atoms with E-state index < -0.39 is 24.8 Å². The van der Waals surface area contributed by atoms with Crippen molar-refractivity contribution in [1.82, 2.24) is 0 Å². The van der Waals surface area contributed by atoms with Crippen molar-refractivity contribution in [2.24, 2.45) is 0 Å². The first-order valence-electron chi connectivity index (χ1n) is 6.23. The summed E-state index contributed by atoms with van der Waals surface area (Å²) in [6.45, 7) is 1.59. The molecule has 0 radical (unpaired) electrons. The van der Waals surface area contributed by atoms with Gasteiger partial charge in [-0.25, -0.2) is 4.79 Å². The third kappa shape index (κ3) is 6.34. The molecule has 5 nitrogen and oxygen atoms in total. The maximum absolute atomic E-state index is 11.1. The third-order valence-electron chi connectivity index (χ3n) is 2.33. The number of ether oxygens (including phenoxy) is 2. The summed E-state index contributed by atoms with van der Waals surface area (Å²) < 4.78 is 10.1. The molecule has 0 saturated carbocycles. The molecule has 0 heterocycles. The van der Waals surface area contributed by atoms with E-state index in [9.17, 15) is 4.79 Å². The van der Waals surface area contributed by atoms with Crippen LogP contribution in [0.2, 0.25) is 0 Å². The number of carbonyl (C=O) groups is 1. The van der Waals surface area contributed by atoms with Crippen LogP contribution in [0.15, 0.2) is 30.3 Å². The Kier molecular flexibility index (Phi) is 7.36. The van der Waals surface area contributed by atoms with Gasteiger partial charge in [-0.05, 0) is 12.5 Å². The lowest BCUT2D eigenvalue weighted by molar-refractivity contribution is -0.157. The number of aliphatic hydroxyl groups excluding tert-OH is 2. The smallest absolute Gasteiger partial charge is 0.338 e. The van der Waals surface area contributed by atoms with Crippen LogP contribution in [-0.4, -0.2) is 41.6 Å². The van der Waals surface area contributed by atoms with E-state index in [2.05, 4.69) is 11.8 Å². The van der Waals surface area contributed by atoms with Crippen LogP contribution in [-0.2, 0) is 20.9 Å². The van der Waals surface area contributed by atoms with Gasteiger partial charge in [-0.1, -0.05) is 42.2 Å². The van der Waals surface area contributed by atoms with Crippen molar-refractivity contribution in [2.75, 3.05) is 13.2 Å². The van der Waals surface area contributed by atoms with Gasteiger partial charge >= 0.3 is 5.97 Å². The van der Waals surface area contributed by atoms with Gasteiger partial charge in [0.25, 0.3) is 0 Å². The van der Waals surface area contributed by atoms with E-state index >= 15 is 0 Å². The van der Waals surface area contributed by atoms with Crippen LogP contribution < -0.4 is 0 Å². The van der Waals surface area contributed by atoms with Crippen molar-refractivity contribution in [3.8, 4) is 11.8 Å². The first kappa shape index (κ1) is 16.2. The number of hydrogen-bond donors (Lipinski definition) is 2. The highest BCUT2D eigenvalue weighted by molar-refractivity contribution is 5.74. The topological polar surface area (TPSA) is 76.0 Å². The van der Waals surface area contributed by atoms with Gasteiger partial charge in [0, 0.05) is 0 Å². The maximum atomic E-state index is 11.1. The van der Waals surface area contributed by atoms with Crippen molar-refractivity contribution < 1.29 is 24.5 Å². The second-order valence-corrected chi connectivity index (χ2v) is 4.08. The van der Waals surface area contributed by atoms with Gasteiger partial charge in [-0.3, -0.25) is 0 Å². The summed E-state index contributed by atoms with van der Waals surface area (Å²) in [7, 11) is 0. The first-order chi connectivity index (χ1) is 9.63. The second kappa shape index (κ2) is 9.10. The largest absolute Gasteiger partial charge is 0.447 e. The Morgan fingerprint density at radius 1 is 1.35 bits per heavy atom. The van der Waals surface area contributed by atoms with Gasteiger partial charge in [-0.15, -0.1) is 0 Å². The number of esters is 1. The lowest BCUT2D eigenvalue weighted by atomic mass is 10.2. The average Bonchev–Trinajstić information content (AvgIpc) is 2.47. The fourth-order valence-corrected chi connectivity index (χ4v) is 1.34. The second-order valence-electron chi connectivity index (χ2n) is 4.08. The number of carbonyl (C=O) groups excluding carboxylic acids is 1. The molecule has 0 aliphatic rings. The standard InChI is InChI=1S/C15H18O5/c1-12(20-15(18)14(17)10-16)6-5-9-19-11-13-7-3-2-4-8-13/h2-4,7-8,12,14,16-17H,9-11H2,1H3/t12-,14?/m1/s1. The van der Waals surface area contributed by atoms with E-state index in [4.69, 9.17) is 19.7 Å². The molecular weight excluding hydrogens is 260 g/mol. The maximum Gasteiger partial charge on any atom is 0.338 e. The van der Waals surface area contributed by atoms with Gasteiger partial charge < -0.3 is 19.7 Å². The minimum Gasteiger partial charge on any atom is -0.447 e. The Labute approximate surface area is 118 Å². The van der Waals surface area contributed by atoms with Crippen LogP contribution in [0.3, 0.4) is 0 Å². The average molecular weight is 278 g/mol. The van der Waals surface area contributed by atoms with Crippen LogP contribution in [0.5, 0.6) is 0 Å². The summed E-state index contributed by atoms with van der Waals surface area (Å²) in [6.07, 6.45) is -2.18. The van der Waals surface area contributed by atoms with Crippen LogP contribution >= 0.6 is 0 Å². The molecule has 0 amide bonds. The molecule has 0 fully saturated rings. The van der Waals surface area contributed by atoms with Crippen molar-refractivity contribution in [3.05, 3.63) is 35.9 Å². The zero-order chi connectivity index (χ0) is 14.8. The number of benzene rings is 1. The minimum atomic E-state index is -1.52. The number of hydrogen-bond acceptors (Lipinski definition) is 5. The summed E-state index contributed by atoms with van der Waals surface area (Å²) in [4.78, 5) is 11.1. The third-order valence-corrected chi connectivity index (χ3v) is 2.33. The van der Waals surface area contributed by atoms with Gasteiger partial charge in [-0.2, -0.15) is 0 Å². The van der Waals surface area contributed by atoms with E-state index in [-0.39, 0.29) is 6.61 Å². The molecule has 0 aliphatic heterocycles. The molecule has 1 aromatic rings. The molecule has 1 rings (SSSR count). The van der Waals surface area contributed by atoms with Crippen LogP contribution in [0, 0.1) is 11.8 Å². The summed E-state index contributed by atoms with van der Waals surface area (Å²) in [5.74, 6) is 4.50. The van der Waals surface area contributed by atoms with E-state index in [1.165, 1.54) is 0 Å². The molecule has 20 heavy (non-hydrogen) atoms. The van der Waals surface area contributed by atoms with Crippen molar-refractivity contribution in [2.45, 2.75) is 25.7 Å². The lowest BCUT2D eigenvalue weighted by Crippen LogP contribution is -2.29. The summed E-state index contributed by atoms with van der Waals surface area (Å²) in [5.41, 5.74) is 1.06. The number of rotatable bonds is 6. The van der Waals surface area contributed by atoms with E-state index in [1.54, 1.807) is 6.92 Å². The minimum absolute atomic E-state index is 0.222. The lowest BCUT2D eigenvalue weighted by Gasteiger charge is -2.10. The Morgan fingerprint density at radius 3 is 2.70 bits per heavy atom. The highest BCUT2D eigenvalue weighted by Crippen LogP contribution is 1.99. The van der Waals surface area contributed by atoms with E-state index in [0.717, 1.165) is 5.56 Å². The molecule has 2 N–H and O–H groups in total. The van der Waals surface area contributed by atoms with Gasteiger partial charge in [0.15, 0.2) is 12.2 Å². The summed E-state index contributed by atoms with van der Waals surface area (Å²) in [6, 6.07) is 9.69. The SMILES string of the molecule is C[C@H](C#CCOCc1ccccc1)OC(=O)C(O)CO. The Bertz CT molecular complexity index is 460. The molecule has 0 aromatic heterocycles. The van der Waals surface area contributed by atoms with E-state index in [1.807, 2.05) is 30.3 Å². The zero-order valence-corrected chi connectivity index (χ0v) is 11.3. The molecule has 0 bridgehead atoms.